The molecular weight excluding hydrogens is 329 g/mol. The lowest BCUT2D eigenvalue weighted by Crippen LogP contribution is -2.11. The van der Waals surface area contributed by atoms with E-state index in [-0.39, 0.29) is 12.7 Å². The summed E-state index contributed by atoms with van der Waals surface area (Å²) >= 11 is 3.06. The Morgan fingerprint density at radius 1 is 1.15 bits per heavy atom. The number of nitrogens with one attached hydrogen (secondary N) is 1. The first-order valence-corrected chi connectivity index (χ1v) is 6.59. The van der Waals surface area contributed by atoms with Crippen LogP contribution >= 0.6 is 15.9 Å². The number of hydrogen-bond donors (Lipinski definition) is 1. The number of benzene rings is 2. The Hall–Kier alpha value is -2.08. The van der Waals surface area contributed by atoms with E-state index < -0.39 is 5.82 Å². The van der Waals surface area contributed by atoms with Crippen LogP contribution in [0.3, 0.4) is 0 Å². The van der Waals surface area contributed by atoms with Gasteiger partial charge in [0.1, 0.15) is 5.82 Å². The Morgan fingerprint density at radius 3 is 2.75 bits per heavy atom. The molecule has 0 bridgehead atoms. The quantitative estimate of drug-likeness (QED) is 0.911. The van der Waals surface area contributed by atoms with Gasteiger partial charge >= 0.3 is 0 Å². The van der Waals surface area contributed by atoms with Crippen LogP contribution in [0.1, 0.15) is 10.4 Å². The molecule has 0 radical (unpaired) electrons. The normalized spacial score (nSPS) is 12.3. The van der Waals surface area contributed by atoms with Crippen LogP contribution in [-0.2, 0) is 0 Å². The van der Waals surface area contributed by atoms with E-state index in [2.05, 4.69) is 21.2 Å². The maximum Gasteiger partial charge on any atom is 0.255 e. The molecule has 20 heavy (non-hydrogen) atoms. The smallest absolute Gasteiger partial charge is 0.255 e. The van der Waals surface area contributed by atoms with Crippen molar-refractivity contribution in [1.29, 1.82) is 0 Å². The summed E-state index contributed by atoms with van der Waals surface area (Å²) in [7, 11) is 0. The van der Waals surface area contributed by atoms with Gasteiger partial charge < -0.3 is 14.8 Å². The number of carbonyl (C=O) groups excluding carboxylic acids is 1. The number of rotatable bonds is 2. The summed E-state index contributed by atoms with van der Waals surface area (Å²) in [4.78, 5) is 12.1. The van der Waals surface area contributed by atoms with E-state index in [4.69, 9.17) is 9.47 Å². The molecule has 0 unspecified atom stereocenters. The first kappa shape index (κ1) is 12.9. The minimum atomic E-state index is -0.437. The molecule has 1 amide bonds. The number of halogens is 2. The van der Waals surface area contributed by atoms with Crippen molar-refractivity contribution in [3.8, 4) is 11.5 Å². The second-order valence-corrected chi connectivity index (χ2v) is 5.01. The average Bonchev–Trinajstić information content (AvgIpc) is 2.90. The van der Waals surface area contributed by atoms with E-state index in [1.807, 2.05) is 0 Å². The summed E-state index contributed by atoms with van der Waals surface area (Å²) < 4.78 is 24.1. The number of amides is 1. The Kier molecular flexibility index (Phi) is 3.31. The molecule has 0 aliphatic carbocycles. The highest BCUT2D eigenvalue weighted by atomic mass is 79.9. The summed E-state index contributed by atoms with van der Waals surface area (Å²) in [5, 5.41) is 2.62. The number of fused-ring (bicyclic) bond motifs is 1. The molecule has 0 spiro atoms. The minimum Gasteiger partial charge on any atom is -0.454 e. The fourth-order valence-electron chi connectivity index (χ4n) is 1.81. The third-order valence-electron chi connectivity index (χ3n) is 2.81. The van der Waals surface area contributed by atoms with E-state index in [1.54, 1.807) is 24.3 Å². The van der Waals surface area contributed by atoms with Gasteiger partial charge in [-0.15, -0.1) is 0 Å². The zero-order valence-electron chi connectivity index (χ0n) is 10.2. The zero-order valence-corrected chi connectivity index (χ0v) is 11.7. The van der Waals surface area contributed by atoms with Gasteiger partial charge in [-0.2, -0.15) is 0 Å². The van der Waals surface area contributed by atoms with E-state index >= 15 is 0 Å². The van der Waals surface area contributed by atoms with Crippen LogP contribution < -0.4 is 14.8 Å². The molecule has 1 heterocycles. The molecule has 0 fully saturated rings. The molecule has 3 rings (SSSR count). The largest absolute Gasteiger partial charge is 0.454 e. The van der Waals surface area contributed by atoms with Gasteiger partial charge in [-0.25, -0.2) is 4.39 Å². The summed E-state index contributed by atoms with van der Waals surface area (Å²) in [5.74, 6) is 0.356. The number of hydrogen-bond acceptors (Lipinski definition) is 3. The second kappa shape index (κ2) is 5.13. The van der Waals surface area contributed by atoms with E-state index in [1.165, 1.54) is 12.1 Å². The Labute approximate surface area is 122 Å². The lowest BCUT2D eigenvalue weighted by molar-refractivity contribution is 0.102. The van der Waals surface area contributed by atoms with Gasteiger partial charge in [0.15, 0.2) is 11.5 Å². The zero-order chi connectivity index (χ0) is 14.1. The molecule has 102 valence electrons. The fourth-order valence-corrected chi connectivity index (χ4v) is 2.06. The number of ether oxygens (including phenoxy) is 2. The van der Waals surface area contributed by atoms with Crippen LogP contribution in [0.2, 0.25) is 0 Å². The maximum absolute atomic E-state index is 13.4. The van der Waals surface area contributed by atoms with Gasteiger partial charge in [0.05, 0.1) is 4.47 Å². The van der Waals surface area contributed by atoms with Gasteiger partial charge in [0.2, 0.25) is 6.79 Å². The maximum atomic E-state index is 13.4. The molecule has 2 aromatic carbocycles. The molecule has 0 saturated heterocycles. The fraction of sp³-hybridized carbons (Fsp3) is 0.0714. The highest BCUT2D eigenvalue weighted by molar-refractivity contribution is 9.10. The second-order valence-electron chi connectivity index (χ2n) is 4.15. The van der Waals surface area contributed by atoms with Crippen molar-refractivity contribution in [3.05, 3.63) is 52.3 Å². The highest BCUT2D eigenvalue weighted by Gasteiger charge is 2.16. The van der Waals surface area contributed by atoms with Crippen molar-refractivity contribution < 1.29 is 18.7 Å². The predicted octanol–water partition coefficient (Wildman–Crippen LogP) is 3.57. The molecule has 0 aromatic heterocycles. The highest BCUT2D eigenvalue weighted by Crippen LogP contribution is 2.32. The molecule has 0 atom stereocenters. The van der Waals surface area contributed by atoms with Gasteiger partial charge in [0, 0.05) is 11.3 Å². The van der Waals surface area contributed by atoms with Gasteiger partial charge in [-0.05, 0) is 52.3 Å². The Bertz CT molecular complexity index is 690. The van der Waals surface area contributed by atoms with Gasteiger partial charge in [-0.3, -0.25) is 4.79 Å². The topological polar surface area (TPSA) is 47.6 Å². The molecule has 0 saturated carbocycles. The molecule has 2 aromatic rings. The summed E-state index contributed by atoms with van der Waals surface area (Å²) in [6.45, 7) is 0.151. The Morgan fingerprint density at radius 2 is 1.95 bits per heavy atom. The third-order valence-corrected chi connectivity index (χ3v) is 3.46. The number of carbonyl (C=O) groups is 1. The summed E-state index contributed by atoms with van der Waals surface area (Å²) in [6.07, 6.45) is 0. The number of anilines is 1. The van der Waals surface area contributed by atoms with Crippen LogP contribution in [0.25, 0.3) is 0 Å². The van der Waals surface area contributed by atoms with E-state index in [0.29, 0.717) is 27.2 Å². The summed E-state index contributed by atoms with van der Waals surface area (Å²) in [5.41, 5.74) is 0.797. The van der Waals surface area contributed by atoms with Gasteiger partial charge in [-0.1, -0.05) is 0 Å². The van der Waals surface area contributed by atoms with E-state index in [0.717, 1.165) is 0 Å². The van der Waals surface area contributed by atoms with Crippen molar-refractivity contribution in [2.45, 2.75) is 0 Å². The average molecular weight is 338 g/mol. The lowest BCUT2D eigenvalue weighted by Gasteiger charge is -2.06. The third kappa shape index (κ3) is 2.46. The first-order chi connectivity index (χ1) is 9.63. The molecule has 4 nitrogen and oxygen atoms in total. The molecular formula is C14H9BrFNO3. The van der Waals surface area contributed by atoms with Crippen molar-refractivity contribution >= 4 is 27.5 Å². The van der Waals surface area contributed by atoms with Crippen LogP contribution in [0.15, 0.2) is 40.9 Å². The van der Waals surface area contributed by atoms with Crippen LogP contribution in [0.5, 0.6) is 11.5 Å². The molecule has 1 aliphatic heterocycles. The standard InChI is InChI=1S/C14H9BrFNO3/c15-10-3-2-9(6-11(10)16)17-14(18)8-1-4-12-13(5-8)20-7-19-12/h1-6H,7H2,(H,17,18). The predicted molar refractivity (Wildman–Crippen MR) is 74.6 cm³/mol. The SMILES string of the molecule is O=C(Nc1ccc(Br)c(F)c1)c1ccc2c(c1)OCO2. The van der Waals surface area contributed by atoms with Crippen LogP contribution in [0, 0.1) is 5.82 Å². The van der Waals surface area contributed by atoms with Crippen molar-refractivity contribution in [3.63, 3.8) is 0 Å². The Balaban J connectivity index is 1.80. The first-order valence-electron chi connectivity index (χ1n) is 5.79. The van der Waals surface area contributed by atoms with Crippen LogP contribution in [-0.4, -0.2) is 12.7 Å². The molecule has 1 aliphatic rings. The van der Waals surface area contributed by atoms with Gasteiger partial charge in [0.25, 0.3) is 5.91 Å². The van der Waals surface area contributed by atoms with Crippen molar-refractivity contribution in [2.75, 3.05) is 12.1 Å². The van der Waals surface area contributed by atoms with Crippen molar-refractivity contribution in [1.82, 2.24) is 0 Å². The van der Waals surface area contributed by atoms with Crippen molar-refractivity contribution in [2.24, 2.45) is 0 Å². The monoisotopic (exact) mass is 337 g/mol. The van der Waals surface area contributed by atoms with Crippen LogP contribution in [0.4, 0.5) is 10.1 Å². The minimum absolute atomic E-state index is 0.151. The van der Waals surface area contributed by atoms with E-state index in [9.17, 15) is 9.18 Å². The lowest BCUT2D eigenvalue weighted by atomic mass is 10.2. The molecule has 6 heteroatoms. The molecule has 1 N–H and O–H groups in total. The summed E-state index contributed by atoms with van der Waals surface area (Å²) in [6, 6.07) is 9.27.